The topological polar surface area (TPSA) is 19.7 Å². The van der Waals surface area contributed by atoms with E-state index in [0.29, 0.717) is 12.0 Å². The van der Waals surface area contributed by atoms with Crippen LogP contribution in [0.4, 0.5) is 0 Å². The Bertz CT molecular complexity index is 663. The number of hydrogen-bond acceptors (Lipinski definition) is 0. The number of rotatable bonds is 9. The fraction of sp³-hybridized carbons (Fsp3) is 0.348. The predicted octanol–water partition coefficient (Wildman–Crippen LogP) is 5.14. The van der Waals surface area contributed by atoms with Crippen LogP contribution in [0.1, 0.15) is 43.4 Å². The van der Waals surface area contributed by atoms with Gasteiger partial charge in [-0.25, -0.2) is 4.57 Å². The molecule has 0 aliphatic carbocycles. The molecular formula is C23H29N2+. The Kier molecular flexibility index (Phi) is 6.44. The van der Waals surface area contributed by atoms with Crippen LogP contribution < -0.4 is 4.57 Å². The minimum atomic E-state index is 0.520. The maximum Gasteiger partial charge on any atom is 0.241 e. The van der Waals surface area contributed by atoms with E-state index in [9.17, 15) is 0 Å². The molecule has 0 radical (unpaired) electrons. The standard InChI is InChI=1S/C23H28N2/c1-2-3-14-23(25-16-15-24-19-25)22(17-20-10-6-4-7-11-20)18-21-12-8-5-9-13-21/h4-13,15-16,19,22-23H,2-3,14,17-18H2,1H3/p+1. The van der Waals surface area contributed by atoms with Gasteiger partial charge in [-0.2, -0.15) is 0 Å². The average molecular weight is 333 g/mol. The summed E-state index contributed by atoms with van der Waals surface area (Å²) in [6, 6.07) is 22.4. The molecule has 0 amide bonds. The van der Waals surface area contributed by atoms with E-state index in [0.717, 1.165) is 12.8 Å². The lowest BCUT2D eigenvalue weighted by Crippen LogP contribution is -2.43. The number of H-pyrrole nitrogens is 1. The molecule has 2 nitrogen and oxygen atoms in total. The Hall–Kier alpha value is -2.35. The quantitative estimate of drug-likeness (QED) is 0.523. The summed E-state index contributed by atoms with van der Waals surface area (Å²) >= 11 is 0. The molecule has 130 valence electrons. The number of imidazole rings is 1. The van der Waals surface area contributed by atoms with E-state index in [1.807, 2.05) is 6.20 Å². The lowest BCUT2D eigenvalue weighted by molar-refractivity contribution is -0.729. The molecule has 0 fully saturated rings. The Balaban J connectivity index is 1.86. The summed E-state index contributed by atoms with van der Waals surface area (Å²) in [6.07, 6.45) is 12.3. The first-order valence-corrected chi connectivity index (χ1v) is 9.48. The van der Waals surface area contributed by atoms with Crippen molar-refractivity contribution >= 4 is 0 Å². The molecule has 0 aliphatic heterocycles. The zero-order chi connectivity index (χ0) is 17.3. The molecule has 0 bridgehead atoms. The second-order valence-corrected chi connectivity index (χ2v) is 6.91. The number of unbranched alkanes of at least 4 members (excludes halogenated alkanes) is 1. The van der Waals surface area contributed by atoms with E-state index in [4.69, 9.17) is 0 Å². The summed E-state index contributed by atoms with van der Waals surface area (Å²) in [5, 5.41) is 0. The molecule has 1 heterocycles. The summed E-state index contributed by atoms with van der Waals surface area (Å²) in [5.74, 6) is 0.581. The lowest BCUT2D eigenvalue weighted by atomic mass is 9.84. The summed E-state index contributed by atoms with van der Waals surface area (Å²) in [7, 11) is 0. The molecule has 2 aromatic carbocycles. The van der Waals surface area contributed by atoms with Gasteiger partial charge >= 0.3 is 0 Å². The van der Waals surface area contributed by atoms with Gasteiger partial charge in [0.2, 0.25) is 6.33 Å². The first-order chi connectivity index (χ1) is 12.4. The third kappa shape index (κ3) is 5.06. The van der Waals surface area contributed by atoms with Gasteiger partial charge in [0.1, 0.15) is 18.4 Å². The molecule has 1 aromatic heterocycles. The molecule has 3 aromatic rings. The van der Waals surface area contributed by atoms with Crippen LogP contribution in [0.5, 0.6) is 0 Å². The fourth-order valence-corrected chi connectivity index (χ4v) is 3.73. The van der Waals surface area contributed by atoms with Gasteiger partial charge in [0.05, 0.1) is 0 Å². The van der Waals surface area contributed by atoms with Crippen molar-refractivity contribution in [3.63, 3.8) is 0 Å². The van der Waals surface area contributed by atoms with Crippen molar-refractivity contribution in [2.75, 3.05) is 0 Å². The van der Waals surface area contributed by atoms with Crippen LogP contribution in [-0.2, 0) is 12.8 Å². The van der Waals surface area contributed by atoms with E-state index < -0.39 is 0 Å². The first-order valence-electron chi connectivity index (χ1n) is 9.48. The maximum absolute atomic E-state index is 3.23. The average Bonchev–Trinajstić information content (AvgIpc) is 3.18. The van der Waals surface area contributed by atoms with E-state index in [1.165, 1.54) is 30.4 Å². The van der Waals surface area contributed by atoms with Gasteiger partial charge < -0.3 is 0 Å². The van der Waals surface area contributed by atoms with Crippen molar-refractivity contribution < 1.29 is 4.57 Å². The Morgan fingerprint density at radius 3 is 1.96 bits per heavy atom. The van der Waals surface area contributed by atoms with Crippen molar-refractivity contribution in [1.82, 2.24) is 4.98 Å². The largest absolute Gasteiger partial charge is 0.250 e. The smallest absolute Gasteiger partial charge is 0.241 e. The zero-order valence-corrected chi connectivity index (χ0v) is 15.1. The monoisotopic (exact) mass is 333 g/mol. The van der Waals surface area contributed by atoms with Gasteiger partial charge in [-0.15, -0.1) is 0 Å². The maximum atomic E-state index is 3.23. The molecule has 0 saturated heterocycles. The van der Waals surface area contributed by atoms with Crippen LogP contribution >= 0.6 is 0 Å². The summed E-state index contributed by atoms with van der Waals surface area (Å²) < 4.78 is 2.38. The predicted molar refractivity (Wildman–Crippen MR) is 103 cm³/mol. The molecule has 0 saturated carbocycles. The van der Waals surface area contributed by atoms with Gasteiger partial charge in [0, 0.05) is 5.92 Å². The molecule has 1 unspecified atom stereocenters. The highest BCUT2D eigenvalue weighted by Crippen LogP contribution is 2.27. The van der Waals surface area contributed by atoms with E-state index >= 15 is 0 Å². The normalized spacial score (nSPS) is 12.4. The van der Waals surface area contributed by atoms with E-state index in [1.54, 1.807) is 0 Å². The molecule has 1 N–H and O–H groups in total. The molecule has 2 heteroatoms. The molecule has 1 atom stereocenters. The highest BCUT2D eigenvalue weighted by atomic mass is 15.1. The highest BCUT2D eigenvalue weighted by molar-refractivity contribution is 5.18. The van der Waals surface area contributed by atoms with Crippen molar-refractivity contribution in [2.45, 2.75) is 45.1 Å². The van der Waals surface area contributed by atoms with Crippen molar-refractivity contribution in [3.8, 4) is 0 Å². The minimum absolute atomic E-state index is 0.520. The molecule has 25 heavy (non-hydrogen) atoms. The minimum Gasteiger partial charge on any atom is -0.250 e. The van der Waals surface area contributed by atoms with Crippen molar-refractivity contribution in [3.05, 3.63) is 90.5 Å². The third-order valence-electron chi connectivity index (χ3n) is 5.03. The van der Waals surface area contributed by atoms with Crippen molar-refractivity contribution in [2.24, 2.45) is 5.92 Å². The Morgan fingerprint density at radius 1 is 0.880 bits per heavy atom. The number of benzene rings is 2. The molecule has 3 rings (SSSR count). The number of hydrogen-bond donors (Lipinski definition) is 1. The number of aromatic amines is 1. The van der Waals surface area contributed by atoms with Gasteiger partial charge in [-0.05, 0) is 36.8 Å². The van der Waals surface area contributed by atoms with Crippen LogP contribution in [0.25, 0.3) is 0 Å². The van der Waals surface area contributed by atoms with Gasteiger partial charge in [0.25, 0.3) is 0 Å². The zero-order valence-electron chi connectivity index (χ0n) is 15.1. The van der Waals surface area contributed by atoms with Crippen LogP contribution in [0.2, 0.25) is 0 Å². The Labute approximate surface area is 151 Å². The SMILES string of the molecule is CCCCC(C(Cc1ccccc1)Cc1ccccc1)[n+]1cc[nH]c1. The third-order valence-corrected chi connectivity index (χ3v) is 5.03. The van der Waals surface area contributed by atoms with Gasteiger partial charge in [-0.3, -0.25) is 4.98 Å². The second-order valence-electron chi connectivity index (χ2n) is 6.91. The summed E-state index contributed by atoms with van der Waals surface area (Å²) in [5.41, 5.74) is 2.86. The van der Waals surface area contributed by atoms with Crippen LogP contribution in [-0.4, -0.2) is 4.98 Å². The summed E-state index contributed by atoms with van der Waals surface area (Å²) in [6.45, 7) is 2.28. The molecule has 0 spiro atoms. The van der Waals surface area contributed by atoms with Crippen LogP contribution in [0, 0.1) is 5.92 Å². The lowest BCUT2D eigenvalue weighted by Gasteiger charge is -2.25. The van der Waals surface area contributed by atoms with Crippen molar-refractivity contribution in [1.29, 1.82) is 0 Å². The second kappa shape index (κ2) is 9.22. The van der Waals surface area contributed by atoms with Crippen LogP contribution in [0.15, 0.2) is 79.4 Å². The summed E-state index contributed by atoms with van der Waals surface area (Å²) in [4.78, 5) is 3.23. The number of nitrogens with one attached hydrogen (secondary N) is 1. The highest BCUT2D eigenvalue weighted by Gasteiger charge is 2.27. The van der Waals surface area contributed by atoms with E-state index in [2.05, 4.69) is 89.7 Å². The van der Waals surface area contributed by atoms with Gasteiger partial charge in [0.15, 0.2) is 0 Å². The molecule has 0 aliphatic rings. The molecular weight excluding hydrogens is 304 g/mol. The van der Waals surface area contributed by atoms with Crippen LogP contribution in [0.3, 0.4) is 0 Å². The first kappa shape index (κ1) is 17.5. The Morgan fingerprint density at radius 2 is 1.48 bits per heavy atom. The number of nitrogens with zero attached hydrogens (tertiary/aromatic N) is 1. The fourth-order valence-electron chi connectivity index (χ4n) is 3.73. The van der Waals surface area contributed by atoms with Gasteiger partial charge in [-0.1, -0.05) is 74.0 Å². The van der Waals surface area contributed by atoms with E-state index in [-0.39, 0.29) is 0 Å². The number of aromatic nitrogens is 2.